The van der Waals surface area contributed by atoms with Crippen molar-refractivity contribution in [3.8, 4) is 22.5 Å². The monoisotopic (exact) mass is 357 g/mol. The number of rotatable bonds is 4. The molecule has 5 nitrogen and oxygen atoms in total. The molecule has 0 bridgehead atoms. The highest BCUT2D eigenvalue weighted by Gasteiger charge is 2.07. The summed E-state index contributed by atoms with van der Waals surface area (Å²) in [6.07, 6.45) is 5.21. The molecule has 6 heteroatoms. The number of aromatic amines is 1. The third-order valence-corrected chi connectivity index (χ3v) is 4.17. The molecule has 126 valence electrons. The van der Waals surface area contributed by atoms with Gasteiger partial charge in [0, 0.05) is 18.0 Å². The minimum absolute atomic E-state index is 0.431. The van der Waals surface area contributed by atoms with Gasteiger partial charge in [0.2, 0.25) is 4.77 Å². The van der Waals surface area contributed by atoms with E-state index in [1.807, 2.05) is 42.5 Å². The third kappa shape index (κ3) is 3.36. The lowest BCUT2D eigenvalue weighted by atomic mass is 10.0. The van der Waals surface area contributed by atoms with Gasteiger partial charge in [-0.2, -0.15) is 14.9 Å². The lowest BCUT2D eigenvalue weighted by Crippen LogP contribution is -1.95. The molecular weight excluding hydrogens is 342 g/mol. The van der Waals surface area contributed by atoms with E-state index in [1.165, 1.54) is 11.1 Å². The Kier molecular flexibility index (Phi) is 4.49. The van der Waals surface area contributed by atoms with Crippen LogP contribution in [-0.2, 0) is 0 Å². The normalized spacial score (nSPS) is 11.1. The van der Waals surface area contributed by atoms with Crippen molar-refractivity contribution in [3.05, 3.63) is 89.5 Å². The molecule has 0 aliphatic heterocycles. The fourth-order valence-electron chi connectivity index (χ4n) is 2.60. The third-order valence-electron chi connectivity index (χ3n) is 3.91. The lowest BCUT2D eigenvalue weighted by Gasteiger charge is -2.02. The van der Waals surface area contributed by atoms with E-state index in [9.17, 15) is 0 Å². The first-order valence-electron chi connectivity index (χ1n) is 8.09. The lowest BCUT2D eigenvalue weighted by molar-refractivity contribution is 0.871. The van der Waals surface area contributed by atoms with Gasteiger partial charge in [-0.15, -0.1) is 0 Å². The first-order valence-corrected chi connectivity index (χ1v) is 8.50. The van der Waals surface area contributed by atoms with Crippen molar-refractivity contribution in [2.75, 3.05) is 0 Å². The quantitative estimate of drug-likeness (QED) is 0.430. The predicted molar refractivity (Wildman–Crippen MR) is 106 cm³/mol. The van der Waals surface area contributed by atoms with Crippen molar-refractivity contribution in [1.82, 2.24) is 19.9 Å². The van der Waals surface area contributed by atoms with Gasteiger partial charge in [-0.25, -0.2) is 5.10 Å². The average molecular weight is 357 g/mol. The van der Waals surface area contributed by atoms with Crippen molar-refractivity contribution in [3.63, 3.8) is 0 Å². The van der Waals surface area contributed by atoms with Gasteiger partial charge < -0.3 is 0 Å². The second-order valence-corrected chi connectivity index (χ2v) is 6.03. The van der Waals surface area contributed by atoms with Gasteiger partial charge >= 0.3 is 0 Å². The van der Waals surface area contributed by atoms with Gasteiger partial charge in [0.1, 0.15) is 0 Å². The van der Waals surface area contributed by atoms with Gasteiger partial charge in [-0.05, 0) is 41.0 Å². The summed E-state index contributed by atoms with van der Waals surface area (Å²) in [6, 6.07) is 22.2. The summed E-state index contributed by atoms with van der Waals surface area (Å²) in [5, 5.41) is 11.5. The van der Waals surface area contributed by atoms with Crippen LogP contribution in [0.15, 0.2) is 84.2 Å². The summed E-state index contributed by atoms with van der Waals surface area (Å²) in [4.78, 5) is 4.12. The molecule has 26 heavy (non-hydrogen) atoms. The second-order valence-electron chi connectivity index (χ2n) is 5.64. The first-order chi connectivity index (χ1) is 12.8. The van der Waals surface area contributed by atoms with Gasteiger partial charge in [0.15, 0.2) is 5.82 Å². The summed E-state index contributed by atoms with van der Waals surface area (Å²) in [6.45, 7) is 0. The standard InChI is InChI=1S/C20H15N5S/c26-20-24-23-19(18-7-4-12-21-14-18)25(20)22-13-15-8-10-17(11-9-15)16-5-2-1-3-6-16/h1-14H,(H,24,26). The van der Waals surface area contributed by atoms with E-state index < -0.39 is 0 Å². The van der Waals surface area contributed by atoms with Gasteiger partial charge in [0.25, 0.3) is 0 Å². The van der Waals surface area contributed by atoms with Crippen LogP contribution in [0.2, 0.25) is 0 Å². The highest BCUT2D eigenvalue weighted by molar-refractivity contribution is 7.71. The molecular formula is C20H15N5S. The molecule has 0 amide bonds. The molecule has 0 unspecified atom stereocenters. The largest absolute Gasteiger partial charge is 0.264 e. The van der Waals surface area contributed by atoms with Gasteiger partial charge in [-0.1, -0.05) is 54.6 Å². The Morgan fingerprint density at radius 1 is 0.885 bits per heavy atom. The van der Waals surface area contributed by atoms with Gasteiger partial charge in [-0.3, -0.25) is 4.98 Å². The Balaban J connectivity index is 1.61. The van der Waals surface area contributed by atoms with Crippen LogP contribution in [0.4, 0.5) is 0 Å². The highest BCUT2D eigenvalue weighted by Crippen LogP contribution is 2.19. The molecule has 0 aliphatic rings. The Hall–Kier alpha value is -3.38. The van der Waals surface area contributed by atoms with Crippen LogP contribution >= 0.6 is 12.2 Å². The maximum absolute atomic E-state index is 5.28. The van der Waals surface area contributed by atoms with Crippen LogP contribution in [-0.4, -0.2) is 26.1 Å². The number of H-pyrrole nitrogens is 1. The molecule has 1 N–H and O–H groups in total. The van der Waals surface area contributed by atoms with Crippen LogP contribution in [0.1, 0.15) is 5.56 Å². The van der Waals surface area contributed by atoms with Crippen LogP contribution in [0.25, 0.3) is 22.5 Å². The molecule has 0 aliphatic carbocycles. The fraction of sp³-hybridized carbons (Fsp3) is 0. The van der Waals surface area contributed by atoms with E-state index in [0.717, 1.165) is 11.1 Å². The molecule has 0 atom stereocenters. The van der Waals surface area contributed by atoms with Crippen LogP contribution in [0.5, 0.6) is 0 Å². The number of nitrogens with one attached hydrogen (secondary N) is 1. The Morgan fingerprint density at radius 3 is 2.35 bits per heavy atom. The van der Waals surface area contributed by atoms with Crippen LogP contribution < -0.4 is 0 Å². The van der Waals surface area contributed by atoms with Crippen molar-refractivity contribution in [1.29, 1.82) is 0 Å². The van der Waals surface area contributed by atoms with E-state index in [0.29, 0.717) is 10.6 Å². The zero-order chi connectivity index (χ0) is 17.8. The molecule has 0 radical (unpaired) electrons. The number of hydrogen-bond acceptors (Lipinski definition) is 4. The SMILES string of the molecule is S=c1[nH]nc(-c2cccnc2)n1N=Cc1ccc(-c2ccccc2)cc1. The van der Waals surface area contributed by atoms with E-state index in [1.54, 1.807) is 23.3 Å². The number of hydrogen-bond donors (Lipinski definition) is 1. The molecule has 0 saturated carbocycles. The highest BCUT2D eigenvalue weighted by atomic mass is 32.1. The molecule has 2 heterocycles. The maximum Gasteiger partial charge on any atom is 0.216 e. The molecule has 0 saturated heterocycles. The van der Waals surface area contributed by atoms with E-state index in [4.69, 9.17) is 12.2 Å². The average Bonchev–Trinajstić information content (AvgIpc) is 3.08. The van der Waals surface area contributed by atoms with Crippen molar-refractivity contribution < 1.29 is 0 Å². The maximum atomic E-state index is 5.28. The summed E-state index contributed by atoms with van der Waals surface area (Å²) in [7, 11) is 0. The Labute approximate surface area is 155 Å². The molecule has 0 fully saturated rings. The van der Waals surface area contributed by atoms with E-state index in [2.05, 4.69) is 44.5 Å². The van der Waals surface area contributed by atoms with Crippen LogP contribution in [0, 0.1) is 4.77 Å². The molecule has 2 aromatic carbocycles. The second kappa shape index (κ2) is 7.25. The number of benzene rings is 2. The Morgan fingerprint density at radius 2 is 1.62 bits per heavy atom. The Bertz CT molecular complexity index is 1080. The molecule has 4 aromatic rings. The predicted octanol–water partition coefficient (Wildman–Crippen LogP) is 4.55. The van der Waals surface area contributed by atoms with E-state index in [-0.39, 0.29) is 0 Å². The number of aromatic nitrogens is 4. The van der Waals surface area contributed by atoms with E-state index >= 15 is 0 Å². The summed E-state index contributed by atoms with van der Waals surface area (Å²) >= 11 is 5.28. The summed E-state index contributed by atoms with van der Waals surface area (Å²) in [5.41, 5.74) is 4.17. The zero-order valence-electron chi connectivity index (χ0n) is 13.8. The molecule has 2 aromatic heterocycles. The summed E-state index contributed by atoms with van der Waals surface area (Å²) in [5.74, 6) is 0.625. The smallest absolute Gasteiger partial charge is 0.216 e. The molecule has 4 rings (SSSR count). The van der Waals surface area contributed by atoms with Crippen molar-refractivity contribution in [2.45, 2.75) is 0 Å². The minimum Gasteiger partial charge on any atom is -0.264 e. The first kappa shape index (κ1) is 16.1. The minimum atomic E-state index is 0.431. The van der Waals surface area contributed by atoms with Crippen molar-refractivity contribution in [2.24, 2.45) is 5.10 Å². The summed E-state index contributed by atoms with van der Waals surface area (Å²) < 4.78 is 2.03. The number of nitrogens with zero attached hydrogens (tertiary/aromatic N) is 4. The van der Waals surface area contributed by atoms with Gasteiger partial charge in [0.05, 0.1) is 6.21 Å². The molecule has 0 spiro atoms. The fourth-order valence-corrected chi connectivity index (χ4v) is 2.78. The topological polar surface area (TPSA) is 58.9 Å². The van der Waals surface area contributed by atoms with Crippen LogP contribution in [0.3, 0.4) is 0 Å². The zero-order valence-corrected chi connectivity index (χ0v) is 14.6. The van der Waals surface area contributed by atoms with Crippen molar-refractivity contribution >= 4 is 18.4 Å². The number of pyridine rings is 1.